The van der Waals surface area contributed by atoms with Crippen LogP contribution in [0.2, 0.25) is 0 Å². The monoisotopic (exact) mass is 244 g/mol. The number of hydrogen-bond acceptors (Lipinski definition) is 4. The first-order valence-corrected chi connectivity index (χ1v) is 5.30. The van der Waals surface area contributed by atoms with Gasteiger partial charge in [-0.2, -0.15) is 0 Å². The van der Waals surface area contributed by atoms with Crippen molar-refractivity contribution in [1.82, 2.24) is 5.16 Å². The van der Waals surface area contributed by atoms with Crippen molar-refractivity contribution >= 4 is 5.88 Å². The van der Waals surface area contributed by atoms with E-state index in [2.05, 4.69) is 5.16 Å². The van der Waals surface area contributed by atoms with Crippen LogP contribution < -0.4 is 5.73 Å². The predicted octanol–water partition coefficient (Wildman–Crippen LogP) is 3.32. The van der Waals surface area contributed by atoms with Crippen LogP contribution in [0.4, 0.5) is 10.3 Å². The molecule has 2 heterocycles. The smallest absolute Gasteiger partial charge is 0.230 e. The second kappa shape index (κ2) is 4.03. The van der Waals surface area contributed by atoms with E-state index in [-0.39, 0.29) is 11.7 Å². The minimum atomic E-state index is -0.349. The Kier molecular flexibility index (Phi) is 2.37. The molecule has 90 valence electrons. The normalized spacial score (nSPS) is 10.7. The lowest BCUT2D eigenvalue weighted by molar-refractivity contribution is 0.436. The van der Waals surface area contributed by atoms with Crippen molar-refractivity contribution < 1.29 is 13.3 Å². The first-order valence-electron chi connectivity index (χ1n) is 5.30. The summed E-state index contributed by atoms with van der Waals surface area (Å²) >= 11 is 0. The summed E-state index contributed by atoms with van der Waals surface area (Å²) in [5.74, 6) is 0.306. The molecule has 0 bridgehead atoms. The Hall–Kier alpha value is -2.56. The Bertz CT molecular complexity index is 674. The molecule has 1 aromatic carbocycles. The number of rotatable bonds is 2. The van der Waals surface area contributed by atoms with E-state index >= 15 is 0 Å². The number of halogens is 1. The molecule has 0 saturated heterocycles. The van der Waals surface area contributed by atoms with Gasteiger partial charge < -0.3 is 14.7 Å². The van der Waals surface area contributed by atoms with Gasteiger partial charge in [-0.25, -0.2) is 4.39 Å². The van der Waals surface area contributed by atoms with Crippen LogP contribution in [0.3, 0.4) is 0 Å². The third-order valence-corrected chi connectivity index (χ3v) is 2.59. The lowest BCUT2D eigenvalue weighted by Gasteiger charge is -2.00. The molecule has 0 aliphatic rings. The lowest BCUT2D eigenvalue weighted by atomic mass is 10.0. The van der Waals surface area contributed by atoms with Crippen molar-refractivity contribution in [1.29, 1.82) is 0 Å². The van der Waals surface area contributed by atoms with Crippen molar-refractivity contribution in [3.05, 3.63) is 48.5 Å². The van der Waals surface area contributed by atoms with Crippen molar-refractivity contribution in [3.8, 4) is 22.6 Å². The van der Waals surface area contributed by atoms with Crippen LogP contribution in [-0.2, 0) is 0 Å². The minimum Gasteiger partial charge on any atom is -0.463 e. The molecule has 2 aromatic heterocycles. The summed E-state index contributed by atoms with van der Waals surface area (Å²) in [6.45, 7) is 0. The van der Waals surface area contributed by atoms with Crippen LogP contribution in [-0.4, -0.2) is 5.16 Å². The highest BCUT2D eigenvalue weighted by molar-refractivity contribution is 5.85. The van der Waals surface area contributed by atoms with E-state index < -0.39 is 0 Å². The van der Waals surface area contributed by atoms with Gasteiger partial charge in [0.1, 0.15) is 5.82 Å². The van der Waals surface area contributed by atoms with Gasteiger partial charge in [0.05, 0.1) is 11.8 Å². The number of benzene rings is 1. The van der Waals surface area contributed by atoms with Gasteiger partial charge in [-0.3, -0.25) is 0 Å². The number of nitrogen functional groups attached to an aromatic ring is 1. The first kappa shape index (κ1) is 10.6. The van der Waals surface area contributed by atoms with E-state index in [1.54, 1.807) is 24.3 Å². The molecule has 3 aromatic rings. The molecule has 0 aliphatic heterocycles. The van der Waals surface area contributed by atoms with Gasteiger partial charge in [0.15, 0.2) is 11.5 Å². The SMILES string of the molecule is Nc1onc(-c2ccco2)c1-c1cccc(F)c1. The first-order chi connectivity index (χ1) is 8.75. The van der Waals surface area contributed by atoms with E-state index in [0.29, 0.717) is 22.6 Å². The van der Waals surface area contributed by atoms with E-state index in [0.717, 1.165) is 0 Å². The molecule has 0 fully saturated rings. The molecule has 0 spiro atoms. The molecular weight excluding hydrogens is 235 g/mol. The van der Waals surface area contributed by atoms with Crippen LogP contribution in [0.25, 0.3) is 22.6 Å². The summed E-state index contributed by atoms with van der Waals surface area (Å²) in [6, 6.07) is 9.53. The fourth-order valence-electron chi connectivity index (χ4n) is 1.81. The molecule has 0 radical (unpaired) electrons. The largest absolute Gasteiger partial charge is 0.463 e. The number of nitrogens with zero attached hydrogens (tertiary/aromatic N) is 1. The molecule has 4 nitrogen and oxygen atoms in total. The molecule has 0 amide bonds. The van der Waals surface area contributed by atoms with Gasteiger partial charge in [-0.1, -0.05) is 17.3 Å². The van der Waals surface area contributed by atoms with Gasteiger partial charge >= 0.3 is 0 Å². The maximum Gasteiger partial charge on any atom is 0.230 e. The fraction of sp³-hybridized carbons (Fsp3) is 0. The molecular formula is C13H9FN2O2. The van der Waals surface area contributed by atoms with Crippen molar-refractivity contribution in [3.63, 3.8) is 0 Å². The van der Waals surface area contributed by atoms with Crippen molar-refractivity contribution in [2.24, 2.45) is 0 Å². The summed E-state index contributed by atoms with van der Waals surface area (Å²) in [4.78, 5) is 0. The number of furan rings is 1. The zero-order valence-corrected chi connectivity index (χ0v) is 9.26. The Morgan fingerprint density at radius 1 is 1.17 bits per heavy atom. The number of anilines is 1. The van der Waals surface area contributed by atoms with E-state index in [4.69, 9.17) is 14.7 Å². The number of hydrogen-bond donors (Lipinski definition) is 1. The number of nitrogens with two attached hydrogens (primary N) is 1. The third kappa shape index (κ3) is 1.66. The van der Waals surface area contributed by atoms with Crippen LogP contribution in [0.1, 0.15) is 0 Å². The molecule has 3 rings (SSSR count). The van der Waals surface area contributed by atoms with Crippen LogP contribution in [0, 0.1) is 5.82 Å². The van der Waals surface area contributed by atoms with E-state index in [1.165, 1.54) is 18.4 Å². The highest BCUT2D eigenvalue weighted by atomic mass is 19.1. The standard InChI is InChI=1S/C13H9FN2O2/c14-9-4-1-3-8(7-9)11-12(16-18-13(11)15)10-5-2-6-17-10/h1-7H,15H2. The van der Waals surface area contributed by atoms with Gasteiger partial charge in [-0.15, -0.1) is 0 Å². The molecule has 5 heteroatoms. The quantitative estimate of drug-likeness (QED) is 0.750. The summed E-state index contributed by atoms with van der Waals surface area (Å²) in [5.41, 5.74) is 7.33. The van der Waals surface area contributed by atoms with Crippen LogP contribution in [0.5, 0.6) is 0 Å². The predicted molar refractivity (Wildman–Crippen MR) is 64.0 cm³/mol. The molecule has 0 atom stereocenters. The second-order valence-corrected chi connectivity index (χ2v) is 3.76. The zero-order chi connectivity index (χ0) is 12.5. The molecule has 2 N–H and O–H groups in total. The number of aromatic nitrogens is 1. The van der Waals surface area contributed by atoms with Crippen LogP contribution >= 0.6 is 0 Å². The molecule has 0 unspecified atom stereocenters. The van der Waals surface area contributed by atoms with E-state index in [1.807, 2.05) is 0 Å². The maximum atomic E-state index is 13.2. The van der Waals surface area contributed by atoms with Crippen LogP contribution in [0.15, 0.2) is 51.6 Å². The molecule has 0 aliphatic carbocycles. The van der Waals surface area contributed by atoms with E-state index in [9.17, 15) is 4.39 Å². The van der Waals surface area contributed by atoms with Gasteiger partial charge in [0.2, 0.25) is 5.88 Å². The highest BCUT2D eigenvalue weighted by Gasteiger charge is 2.19. The minimum absolute atomic E-state index is 0.131. The average molecular weight is 244 g/mol. The Balaban J connectivity index is 2.20. The highest BCUT2D eigenvalue weighted by Crippen LogP contribution is 2.36. The summed E-state index contributed by atoms with van der Waals surface area (Å²) < 4.78 is 23.5. The lowest BCUT2D eigenvalue weighted by Crippen LogP contribution is -1.87. The third-order valence-electron chi connectivity index (χ3n) is 2.59. The molecule has 0 saturated carbocycles. The Labute approximate surface area is 102 Å². The molecule has 18 heavy (non-hydrogen) atoms. The summed E-state index contributed by atoms with van der Waals surface area (Å²) in [6.07, 6.45) is 1.52. The maximum absolute atomic E-state index is 13.2. The van der Waals surface area contributed by atoms with Gasteiger partial charge in [0, 0.05) is 0 Å². The Morgan fingerprint density at radius 2 is 2.06 bits per heavy atom. The summed E-state index contributed by atoms with van der Waals surface area (Å²) in [7, 11) is 0. The van der Waals surface area contributed by atoms with Gasteiger partial charge in [0.25, 0.3) is 0 Å². The zero-order valence-electron chi connectivity index (χ0n) is 9.26. The Morgan fingerprint density at radius 3 is 2.78 bits per heavy atom. The second-order valence-electron chi connectivity index (χ2n) is 3.76. The fourth-order valence-corrected chi connectivity index (χ4v) is 1.81. The van der Waals surface area contributed by atoms with Crippen molar-refractivity contribution in [2.45, 2.75) is 0 Å². The summed E-state index contributed by atoms with van der Waals surface area (Å²) in [5, 5.41) is 3.85. The van der Waals surface area contributed by atoms with Crippen molar-refractivity contribution in [2.75, 3.05) is 5.73 Å². The van der Waals surface area contributed by atoms with Gasteiger partial charge in [-0.05, 0) is 29.8 Å². The topological polar surface area (TPSA) is 65.2 Å². The average Bonchev–Trinajstić information content (AvgIpc) is 2.97.